The molecule has 0 aliphatic carbocycles. The molecule has 0 radical (unpaired) electrons. The predicted molar refractivity (Wildman–Crippen MR) is 102 cm³/mol. The minimum Gasteiger partial charge on any atom is -0.497 e. The third-order valence-corrected chi connectivity index (χ3v) is 4.59. The number of nitrogens with one attached hydrogen (secondary N) is 2. The van der Waals surface area contributed by atoms with E-state index in [4.69, 9.17) is 4.74 Å². The van der Waals surface area contributed by atoms with Crippen molar-refractivity contribution in [3.63, 3.8) is 0 Å². The van der Waals surface area contributed by atoms with E-state index in [1.54, 1.807) is 50.0 Å². The van der Waals surface area contributed by atoms with E-state index in [9.17, 15) is 9.59 Å². The number of anilines is 2. The summed E-state index contributed by atoms with van der Waals surface area (Å²) in [5.74, 6) is 0.610. The minimum absolute atomic E-state index is 0.343. The summed E-state index contributed by atoms with van der Waals surface area (Å²) < 4.78 is 5.06. The van der Waals surface area contributed by atoms with Gasteiger partial charge in [-0.2, -0.15) is 0 Å². The van der Waals surface area contributed by atoms with Crippen LogP contribution < -0.4 is 20.3 Å². The van der Waals surface area contributed by atoms with Crippen molar-refractivity contribution in [2.24, 2.45) is 5.92 Å². The van der Waals surface area contributed by atoms with Crippen molar-refractivity contribution in [2.45, 2.75) is 12.8 Å². The molecule has 2 aromatic rings. The Bertz CT molecular complexity index is 759. The number of amides is 2. The quantitative estimate of drug-likeness (QED) is 0.775. The molecule has 2 amide bonds. The van der Waals surface area contributed by atoms with Crippen LogP contribution in [0.1, 0.15) is 12.8 Å². The van der Waals surface area contributed by atoms with Crippen molar-refractivity contribution in [3.8, 4) is 5.75 Å². The highest BCUT2D eigenvalue weighted by Gasteiger charge is 2.22. The number of aromatic nitrogens is 2. The maximum absolute atomic E-state index is 12.0. The average molecular weight is 369 g/mol. The third kappa shape index (κ3) is 5.16. The van der Waals surface area contributed by atoms with E-state index in [2.05, 4.69) is 25.5 Å². The highest BCUT2D eigenvalue weighted by molar-refractivity contribution is 6.39. The van der Waals surface area contributed by atoms with Gasteiger partial charge in [0.05, 0.1) is 13.3 Å². The molecule has 1 saturated heterocycles. The molecular formula is C19H23N5O3. The van der Waals surface area contributed by atoms with Crippen molar-refractivity contribution in [1.29, 1.82) is 0 Å². The summed E-state index contributed by atoms with van der Waals surface area (Å²) >= 11 is 0. The fourth-order valence-corrected chi connectivity index (χ4v) is 3.00. The second kappa shape index (κ2) is 8.98. The van der Waals surface area contributed by atoms with Crippen LogP contribution in [0.15, 0.2) is 42.9 Å². The lowest BCUT2D eigenvalue weighted by atomic mass is 9.97. The summed E-state index contributed by atoms with van der Waals surface area (Å²) in [6, 6.07) is 6.81. The van der Waals surface area contributed by atoms with E-state index in [0.29, 0.717) is 23.9 Å². The molecule has 0 bridgehead atoms. The van der Waals surface area contributed by atoms with Gasteiger partial charge in [0.15, 0.2) is 0 Å². The van der Waals surface area contributed by atoms with Gasteiger partial charge >= 0.3 is 11.8 Å². The van der Waals surface area contributed by atoms with Gasteiger partial charge in [-0.05, 0) is 43.0 Å². The highest BCUT2D eigenvalue weighted by atomic mass is 16.5. The molecule has 0 saturated carbocycles. The molecule has 3 rings (SSSR count). The smallest absolute Gasteiger partial charge is 0.313 e. The van der Waals surface area contributed by atoms with E-state index in [-0.39, 0.29) is 0 Å². The van der Waals surface area contributed by atoms with E-state index >= 15 is 0 Å². The molecule has 1 aromatic heterocycles. The van der Waals surface area contributed by atoms with Crippen LogP contribution in [0, 0.1) is 5.92 Å². The second-order valence-electron chi connectivity index (χ2n) is 6.39. The van der Waals surface area contributed by atoms with Gasteiger partial charge in [-0.15, -0.1) is 0 Å². The summed E-state index contributed by atoms with van der Waals surface area (Å²) in [5, 5.41) is 5.31. The van der Waals surface area contributed by atoms with Crippen LogP contribution in [0.4, 0.5) is 11.5 Å². The molecule has 0 atom stereocenters. The van der Waals surface area contributed by atoms with Crippen molar-refractivity contribution < 1.29 is 14.3 Å². The molecule has 8 heteroatoms. The number of ether oxygens (including phenoxy) is 1. The number of rotatable bonds is 5. The molecular weight excluding hydrogens is 346 g/mol. The van der Waals surface area contributed by atoms with Gasteiger partial charge in [-0.1, -0.05) is 0 Å². The number of piperidine rings is 1. The lowest BCUT2D eigenvalue weighted by Crippen LogP contribution is -2.42. The Labute approximate surface area is 158 Å². The SMILES string of the molecule is COc1ccc(NC(=O)C(=O)NCC2CCN(c3cnccn3)CC2)cc1. The second-order valence-corrected chi connectivity index (χ2v) is 6.39. The van der Waals surface area contributed by atoms with E-state index in [0.717, 1.165) is 31.7 Å². The molecule has 1 fully saturated rings. The van der Waals surface area contributed by atoms with Gasteiger partial charge < -0.3 is 20.3 Å². The number of hydrogen-bond acceptors (Lipinski definition) is 6. The van der Waals surface area contributed by atoms with Crippen LogP contribution in [0.3, 0.4) is 0 Å². The van der Waals surface area contributed by atoms with Gasteiger partial charge in [-0.3, -0.25) is 14.6 Å². The minimum atomic E-state index is -0.669. The van der Waals surface area contributed by atoms with Gasteiger partial charge in [0.25, 0.3) is 0 Å². The first-order chi connectivity index (χ1) is 13.2. The number of nitrogens with zero attached hydrogens (tertiary/aromatic N) is 3. The molecule has 2 N–H and O–H groups in total. The number of methoxy groups -OCH3 is 1. The fourth-order valence-electron chi connectivity index (χ4n) is 3.00. The summed E-state index contributed by atoms with van der Waals surface area (Å²) in [5.41, 5.74) is 0.549. The molecule has 8 nitrogen and oxygen atoms in total. The molecule has 0 unspecified atom stereocenters. The Balaban J connectivity index is 1.40. The Hall–Kier alpha value is -3.16. The molecule has 0 spiro atoms. The summed E-state index contributed by atoms with van der Waals surface area (Å²) in [7, 11) is 1.57. The largest absolute Gasteiger partial charge is 0.497 e. The van der Waals surface area contributed by atoms with Crippen molar-refractivity contribution in [3.05, 3.63) is 42.9 Å². The summed E-state index contributed by atoms with van der Waals surface area (Å²) in [6.07, 6.45) is 6.95. The van der Waals surface area contributed by atoms with Crippen LogP contribution in [0.2, 0.25) is 0 Å². The Morgan fingerprint density at radius 3 is 2.52 bits per heavy atom. The number of hydrogen-bond donors (Lipinski definition) is 2. The third-order valence-electron chi connectivity index (χ3n) is 4.59. The zero-order valence-corrected chi connectivity index (χ0v) is 15.2. The van der Waals surface area contributed by atoms with Gasteiger partial charge in [0, 0.05) is 37.7 Å². The zero-order chi connectivity index (χ0) is 19.1. The maximum atomic E-state index is 12.0. The van der Waals surface area contributed by atoms with E-state index < -0.39 is 11.8 Å². The maximum Gasteiger partial charge on any atom is 0.313 e. The standard InChI is InChI=1S/C19H23N5O3/c1-27-16-4-2-15(3-5-16)23-19(26)18(25)22-12-14-6-10-24(11-7-14)17-13-20-8-9-21-17/h2-5,8-9,13-14H,6-7,10-12H2,1H3,(H,22,25)(H,23,26). The van der Waals surface area contributed by atoms with E-state index in [1.807, 2.05) is 0 Å². The van der Waals surface area contributed by atoms with Gasteiger partial charge in [0.1, 0.15) is 11.6 Å². The highest BCUT2D eigenvalue weighted by Crippen LogP contribution is 2.20. The summed E-state index contributed by atoms with van der Waals surface area (Å²) in [4.78, 5) is 34.6. The monoisotopic (exact) mass is 369 g/mol. The first kappa shape index (κ1) is 18.6. The number of carbonyl (C=O) groups excluding carboxylic acids is 2. The Kier molecular flexibility index (Phi) is 6.19. The van der Waals surface area contributed by atoms with Crippen LogP contribution >= 0.6 is 0 Å². The molecule has 1 aliphatic heterocycles. The lowest BCUT2D eigenvalue weighted by Gasteiger charge is -2.32. The first-order valence-corrected chi connectivity index (χ1v) is 8.90. The lowest BCUT2D eigenvalue weighted by molar-refractivity contribution is -0.136. The van der Waals surface area contributed by atoms with E-state index in [1.165, 1.54) is 0 Å². The zero-order valence-electron chi connectivity index (χ0n) is 15.2. The first-order valence-electron chi connectivity index (χ1n) is 8.90. The normalized spacial score (nSPS) is 14.5. The molecule has 142 valence electrons. The van der Waals surface area contributed by atoms with Crippen LogP contribution in [-0.4, -0.2) is 48.5 Å². The molecule has 2 heterocycles. The average Bonchev–Trinajstić information content (AvgIpc) is 2.73. The van der Waals surface area contributed by atoms with Crippen molar-refractivity contribution in [1.82, 2.24) is 15.3 Å². The van der Waals surface area contributed by atoms with Crippen LogP contribution in [0.5, 0.6) is 5.75 Å². The van der Waals surface area contributed by atoms with Crippen molar-refractivity contribution >= 4 is 23.3 Å². The Morgan fingerprint density at radius 2 is 1.89 bits per heavy atom. The molecule has 27 heavy (non-hydrogen) atoms. The van der Waals surface area contributed by atoms with Crippen molar-refractivity contribution in [2.75, 3.05) is 37.0 Å². The molecule has 1 aromatic carbocycles. The van der Waals surface area contributed by atoms with Crippen LogP contribution in [-0.2, 0) is 9.59 Å². The summed E-state index contributed by atoms with van der Waals surface area (Å²) in [6.45, 7) is 2.21. The predicted octanol–water partition coefficient (Wildman–Crippen LogP) is 1.46. The Morgan fingerprint density at radius 1 is 1.15 bits per heavy atom. The molecule has 1 aliphatic rings. The van der Waals surface area contributed by atoms with Gasteiger partial charge in [0.2, 0.25) is 0 Å². The topological polar surface area (TPSA) is 96.4 Å². The fraction of sp³-hybridized carbons (Fsp3) is 0.368. The van der Waals surface area contributed by atoms with Crippen LogP contribution in [0.25, 0.3) is 0 Å². The van der Waals surface area contributed by atoms with Gasteiger partial charge in [-0.25, -0.2) is 4.98 Å². The number of benzene rings is 1. The number of carbonyl (C=O) groups is 2.